The first-order chi connectivity index (χ1) is 10.8. The number of carbonyl (C=O) groups is 1. The molecule has 0 saturated carbocycles. The molecule has 0 unspecified atom stereocenters. The lowest BCUT2D eigenvalue weighted by Gasteiger charge is -2.09. The maximum atomic E-state index is 12.5. The van der Waals surface area contributed by atoms with Gasteiger partial charge in [0.15, 0.2) is 5.13 Å². The number of aryl methyl sites for hydroxylation is 1. The molecule has 0 spiro atoms. The summed E-state index contributed by atoms with van der Waals surface area (Å²) in [4.78, 5) is 16.2. The molecule has 0 bridgehead atoms. The topological polar surface area (TPSA) is 85.4 Å². The van der Waals surface area contributed by atoms with Gasteiger partial charge in [-0.2, -0.15) is 0 Å². The number of thiazole rings is 1. The van der Waals surface area contributed by atoms with E-state index >= 15 is 0 Å². The number of hydrogen-bond donors (Lipinski definition) is 1. The number of nitrogens with zero attached hydrogens (tertiary/aromatic N) is 1. The zero-order chi connectivity index (χ0) is 17.2. The predicted molar refractivity (Wildman–Crippen MR) is 89.8 cm³/mol. The third-order valence-corrected chi connectivity index (χ3v) is 6.06. The van der Waals surface area contributed by atoms with Gasteiger partial charge in [-0.05, 0) is 38.5 Å². The number of esters is 1. The number of aromatic nitrogens is 1. The first-order valence-corrected chi connectivity index (χ1v) is 9.36. The Morgan fingerprint density at radius 2 is 2.09 bits per heavy atom. The number of ether oxygens (including phenoxy) is 1. The van der Waals surface area contributed by atoms with Crippen LogP contribution in [-0.4, -0.2) is 26.0 Å². The molecule has 2 rings (SSSR count). The second-order valence-corrected chi connectivity index (χ2v) is 7.68. The third kappa shape index (κ3) is 3.82. The van der Waals surface area contributed by atoms with Gasteiger partial charge in [0.05, 0.1) is 17.2 Å². The fraction of sp³-hybridized carbons (Fsp3) is 0.286. The highest BCUT2D eigenvalue weighted by molar-refractivity contribution is 7.93. The number of halogens is 1. The number of nitrogens with one attached hydrogen (secondary N) is 1. The van der Waals surface area contributed by atoms with E-state index in [1.807, 2.05) is 0 Å². The largest absolute Gasteiger partial charge is 0.462 e. The highest BCUT2D eigenvalue weighted by atomic mass is 35.5. The molecule has 0 radical (unpaired) electrons. The Balaban J connectivity index is 2.33. The van der Waals surface area contributed by atoms with Crippen molar-refractivity contribution in [2.24, 2.45) is 0 Å². The molecule has 6 nitrogen and oxygen atoms in total. The van der Waals surface area contributed by atoms with Gasteiger partial charge in [0.1, 0.15) is 4.88 Å². The number of carbonyl (C=O) groups excluding carboxylic acids is 1. The monoisotopic (exact) mass is 374 g/mol. The maximum absolute atomic E-state index is 12.5. The van der Waals surface area contributed by atoms with Crippen molar-refractivity contribution in [2.75, 3.05) is 11.3 Å². The first kappa shape index (κ1) is 17.7. The van der Waals surface area contributed by atoms with Crippen LogP contribution in [0.15, 0.2) is 23.1 Å². The fourth-order valence-electron chi connectivity index (χ4n) is 1.87. The normalized spacial score (nSPS) is 11.3. The van der Waals surface area contributed by atoms with Crippen LogP contribution in [0, 0.1) is 13.8 Å². The van der Waals surface area contributed by atoms with E-state index in [9.17, 15) is 13.2 Å². The van der Waals surface area contributed by atoms with Gasteiger partial charge >= 0.3 is 5.97 Å². The zero-order valence-electron chi connectivity index (χ0n) is 12.7. The minimum atomic E-state index is -3.85. The van der Waals surface area contributed by atoms with E-state index in [4.69, 9.17) is 16.3 Å². The Hall–Kier alpha value is -1.64. The molecule has 0 fully saturated rings. The zero-order valence-corrected chi connectivity index (χ0v) is 15.1. The minimum Gasteiger partial charge on any atom is -0.462 e. The van der Waals surface area contributed by atoms with Crippen molar-refractivity contribution in [3.8, 4) is 0 Å². The number of anilines is 1. The average Bonchev–Trinajstić information content (AvgIpc) is 2.82. The number of sulfonamides is 1. The van der Waals surface area contributed by atoms with Crippen LogP contribution in [0.3, 0.4) is 0 Å². The van der Waals surface area contributed by atoms with E-state index in [0.717, 1.165) is 11.3 Å². The molecule has 1 N–H and O–H groups in total. The second kappa shape index (κ2) is 6.86. The second-order valence-electron chi connectivity index (χ2n) is 4.62. The highest BCUT2D eigenvalue weighted by Gasteiger charge is 2.22. The molecule has 0 amide bonds. The van der Waals surface area contributed by atoms with E-state index in [0.29, 0.717) is 16.3 Å². The Labute approximate surface area is 143 Å². The molecule has 23 heavy (non-hydrogen) atoms. The van der Waals surface area contributed by atoms with Crippen molar-refractivity contribution in [3.05, 3.63) is 39.4 Å². The summed E-state index contributed by atoms with van der Waals surface area (Å²) in [6.45, 7) is 5.16. The summed E-state index contributed by atoms with van der Waals surface area (Å²) in [5, 5.41) is 0.459. The van der Waals surface area contributed by atoms with Gasteiger partial charge in [-0.15, -0.1) is 0 Å². The lowest BCUT2D eigenvalue weighted by Crippen LogP contribution is -2.14. The van der Waals surface area contributed by atoms with Gasteiger partial charge < -0.3 is 4.74 Å². The molecule has 0 aliphatic heterocycles. The van der Waals surface area contributed by atoms with E-state index in [1.165, 1.54) is 6.07 Å². The van der Waals surface area contributed by atoms with Crippen molar-refractivity contribution in [2.45, 2.75) is 25.7 Å². The summed E-state index contributed by atoms with van der Waals surface area (Å²) in [7, 11) is -3.85. The van der Waals surface area contributed by atoms with Crippen LogP contribution in [0.25, 0.3) is 0 Å². The van der Waals surface area contributed by atoms with Gasteiger partial charge in [-0.3, -0.25) is 4.72 Å². The molecule has 0 aliphatic rings. The van der Waals surface area contributed by atoms with Gasteiger partial charge in [-0.1, -0.05) is 29.0 Å². The highest BCUT2D eigenvalue weighted by Crippen LogP contribution is 2.28. The molecular weight excluding hydrogens is 360 g/mol. The predicted octanol–water partition coefficient (Wildman–Crippen LogP) is 3.39. The molecule has 1 heterocycles. The summed E-state index contributed by atoms with van der Waals surface area (Å²) < 4.78 is 32.2. The molecule has 124 valence electrons. The summed E-state index contributed by atoms with van der Waals surface area (Å²) in [5.74, 6) is -0.521. The van der Waals surface area contributed by atoms with E-state index in [2.05, 4.69) is 9.71 Å². The van der Waals surface area contributed by atoms with Crippen molar-refractivity contribution >= 4 is 44.1 Å². The van der Waals surface area contributed by atoms with Crippen LogP contribution in [0.5, 0.6) is 0 Å². The lowest BCUT2D eigenvalue weighted by molar-refractivity contribution is 0.0531. The molecule has 1 aromatic carbocycles. The fourth-order valence-corrected chi connectivity index (χ4v) is 4.47. The van der Waals surface area contributed by atoms with Gasteiger partial charge in [0, 0.05) is 5.02 Å². The Morgan fingerprint density at radius 1 is 1.39 bits per heavy atom. The quantitative estimate of drug-likeness (QED) is 0.811. The molecule has 0 saturated heterocycles. The smallest absolute Gasteiger partial charge is 0.350 e. The third-order valence-electron chi connectivity index (χ3n) is 2.99. The van der Waals surface area contributed by atoms with Crippen LogP contribution >= 0.6 is 22.9 Å². The minimum absolute atomic E-state index is 0.0653. The molecule has 2 aromatic rings. The summed E-state index contributed by atoms with van der Waals surface area (Å²) in [6.07, 6.45) is 0. The van der Waals surface area contributed by atoms with E-state index < -0.39 is 16.0 Å². The average molecular weight is 375 g/mol. The lowest BCUT2D eigenvalue weighted by atomic mass is 10.2. The van der Waals surface area contributed by atoms with Gasteiger partial charge in [-0.25, -0.2) is 18.2 Å². The van der Waals surface area contributed by atoms with Gasteiger partial charge in [0.25, 0.3) is 10.0 Å². The molecular formula is C14H15ClN2O4S2. The van der Waals surface area contributed by atoms with Gasteiger partial charge in [0.2, 0.25) is 0 Å². The van der Waals surface area contributed by atoms with Crippen LogP contribution in [0.2, 0.25) is 5.02 Å². The van der Waals surface area contributed by atoms with E-state index in [-0.39, 0.29) is 21.5 Å². The van der Waals surface area contributed by atoms with Crippen LogP contribution in [0.4, 0.5) is 5.13 Å². The Bertz CT molecular complexity index is 846. The van der Waals surface area contributed by atoms with Crippen molar-refractivity contribution in [3.63, 3.8) is 0 Å². The first-order valence-electron chi connectivity index (χ1n) is 6.68. The van der Waals surface area contributed by atoms with Crippen molar-refractivity contribution in [1.82, 2.24) is 4.98 Å². The molecule has 0 atom stereocenters. The Morgan fingerprint density at radius 3 is 2.74 bits per heavy atom. The molecule has 1 aromatic heterocycles. The van der Waals surface area contributed by atoms with Crippen LogP contribution in [0.1, 0.15) is 27.9 Å². The summed E-state index contributed by atoms with van der Waals surface area (Å²) in [6, 6.07) is 4.62. The van der Waals surface area contributed by atoms with Crippen molar-refractivity contribution in [1.29, 1.82) is 0 Å². The SMILES string of the molecule is CCOC(=O)c1sc(NS(=O)(=O)c2cccc(Cl)c2C)nc1C. The molecule has 9 heteroatoms. The van der Waals surface area contributed by atoms with Crippen LogP contribution < -0.4 is 4.72 Å². The van der Waals surface area contributed by atoms with Crippen molar-refractivity contribution < 1.29 is 17.9 Å². The standard InChI is InChI=1S/C14H15ClN2O4S2/c1-4-21-13(18)12-9(3)16-14(22-12)17-23(19,20)11-7-5-6-10(15)8(11)2/h5-7H,4H2,1-3H3,(H,16,17). The summed E-state index contributed by atoms with van der Waals surface area (Å²) >= 11 is 6.89. The number of benzene rings is 1. The van der Waals surface area contributed by atoms with E-state index in [1.54, 1.807) is 32.9 Å². The maximum Gasteiger partial charge on any atom is 0.350 e. The number of rotatable bonds is 5. The Kier molecular flexibility index (Phi) is 5.28. The van der Waals surface area contributed by atoms with Crippen LogP contribution in [-0.2, 0) is 14.8 Å². The number of hydrogen-bond acceptors (Lipinski definition) is 6. The summed E-state index contributed by atoms with van der Waals surface area (Å²) in [5.41, 5.74) is 0.856. The molecule has 0 aliphatic carbocycles.